The Morgan fingerprint density at radius 3 is 0.838 bits per heavy atom. The number of hydrogen-bond acceptors (Lipinski definition) is 1. The summed E-state index contributed by atoms with van der Waals surface area (Å²) in [5.74, 6) is 1.64. The van der Waals surface area contributed by atoms with Crippen molar-refractivity contribution in [3.63, 3.8) is 0 Å². The van der Waals surface area contributed by atoms with Gasteiger partial charge in [0.2, 0.25) is 0 Å². The van der Waals surface area contributed by atoms with Crippen LogP contribution in [0.15, 0.2) is 158 Å². The van der Waals surface area contributed by atoms with Crippen LogP contribution >= 0.6 is 0 Å². The molecule has 0 aliphatic heterocycles. The van der Waals surface area contributed by atoms with Gasteiger partial charge < -0.3 is 4.74 Å². The molecule has 0 atom stereocenters. The first-order chi connectivity index (χ1) is 18.3. The van der Waals surface area contributed by atoms with Gasteiger partial charge in [-0.2, -0.15) is 0 Å². The minimum atomic E-state index is 0.818. The lowest BCUT2D eigenvalue weighted by molar-refractivity contribution is 0.483. The number of benzene rings is 6. The van der Waals surface area contributed by atoms with E-state index in [0.29, 0.717) is 0 Å². The summed E-state index contributed by atoms with van der Waals surface area (Å²) in [4.78, 5) is 0. The van der Waals surface area contributed by atoms with Gasteiger partial charge in [-0.15, -0.1) is 0 Å². The zero-order valence-electron chi connectivity index (χ0n) is 20.4. The highest BCUT2D eigenvalue weighted by Gasteiger charge is 2.09. The second-order valence-corrected chi connectivity index (χ2v) is 8.97. The van der Waals surface area contributed by atoms with Crippen LogP contribution in [0, 0.1) is 0 Å². The van der Waals surface area contributed by atoms with Crippen molar-refractivity contribution in [3.8, 4) is 56.0 Å². The summed E-state index contributed by atoms with van der Waals surface area (Å²) in [6, 6.07) is 54.7. The quantitative estimate of drug-likeness (QED) is 0.233. The van der Waals surface area contributed by atoms with Gasteiger partial charge in [0.05, 0.1) is 0 Å². The monoisotopic (exact) mass is 474 g/mol. The van der Waals surface area contributed by atoms with Gasteiger partial charge in [0.15, 0.2) is 0 Å². The summed E-state index contributed by atoms with van der Waals surface area (Å²) in [7, 11) is 0. The molecule has 6 aromatic carbocycles. The summed E-state index contributed by atoms with van der Waals surface area (Å²) in [5, 5.41) is 0. The molecule has 0 aliphatic carbocycles. The molecule has 176 valence electrons. The molecule has 0 spiro atoms. The third kappa shape index (κ3) is 4.94. The summed E-state index contributed by atoms with van der Waals surface area (Å²) >= 11 is 0. The van der Waals surface area contributed by atoms with Gasteiger partial charge in [0.1, 0.15) is 11.5 Å². The maximum Gasteiger partial charge on any atom is 0.127 e. The molecule has 0 saturated heterocycles. The first kappa shape index (κ1) is 22.6. The average Bonchev–Trinajstić information content (AvgIpc) is 2.99. The highest BCUT2D eigenvalue weighted by Crippen LogP contribution is 2.35. The van der Waals surface area contributed by atoms with E-state index < -0.39 is 0 Å². The summed E-state index contributed by atoms with van der Waals surface area (Å²) in [5.41, 5.74) is 9.63. The van der Waals surface area contributed by atoms with E-state index in [0.717, 1.165) is 11.5 Å². The molecular formula is C36H26O. The van der Waals surface area contributed by atoms with Crippen LogP contribution in [-0.2, 0) is 0 Å². The van der Waals surface area contributed by atoms with E-state index in [4.69, 9.17) is 4.74 Å². The highest BCUT2D eigenvalue weighted by atomic mass is 16.5. The van der Waals surface area contributed by atoms with Crippen molar-refractivity contribution in [1.82, 2.24) is 0 Å². The molecule has 0 aromatic heterocycles. The molecule has 0 fully saturated rings. The van der Waals surface area contributed by atoms with E-state index in [1.165, 1.54) is 44.5 Å². The van der Waals surface area contributed by atoms with E-state index in [1.807, 2.05) is 36.4 Å². The van der Waals surface area contributed by atoms with Crippen LogP contribution in [0.25, 0.3) is 44.5 Å². The fourth-order valence-electron chi connectivity index (χ4n) is 4.75. The second kappa shape index (κ2) is 10.4. The normalized spacial score (nSPS) is 10.7. The molecule has 0 unspecified atom stereocenters. The lowest BCUT2D eigenvalue weighted by Crippen LogP contribution is -1.88. The van der Waals surface area contributed by atoms with Gasteiger partial charge in [0, 0.05) is 0 Å². The maximum absolute atomic E-state index is 6.19. The van der Waals surface area contributed by atoms with E-state index in [-0.39, 0.29) is 0 Å². The highest BCUT2D eigenvalue weighted by molar-refractivity contribution is 5.84. The van der Waals surface area contributed by atoms with E-state index in [9.17, 15) is 0 Å². The van der Waals surface area contributed by atoms with Crippen LogP contribution in [-0.4, -0.2) is 0 Å². The zero-order chi connectivity index (χ0) is 24.9. The average molecular weight is 475 g/mol. The minimum Gasteiger partial charge on any atom is -0.457 e. The lowest BCUT2D eigenvalue weighted by atomic mass is 9.94. The second-order valence-electron chi connectivity index (χ2n) is 8.97. The number of hydrogen-bond donors (Lipinski definition) is 0. The smallest absolute Gasteiger partial charge is 0.127 e. The van der Waals surface area contributed by atoms with E-state index in [2.05, 4.69) is 121 Å². The SMILES string of the molecule is c1ccc(-c2ccccc2-c2ccc(Oc3ccc(-c4ccccc4-c4ccccc4)cc3)cc2)cc1. The molecule has 0 aliphatic rings. The Hall–Kier alpha value is -4.88. The summed E-state index contributed by atoms with van der Waals surface area (Å²) < 4.78 is 6.19. The fraction of sp³-hybridized carbons (Fsp3) is 0. The predicted molar refractivity (Wildman–Crippen MR) is 155 cm³/mol. The number of rotatable bonds is 6. The van der Waals surface area contributed by atoms with Gasteiger partial charge in [-0.25, -0.2) is 0 Å². The minimum absolute atomic E-state index is 0.818. The molecular weight excluding hydrogens is 448 g/mol. The third-order valence-corrected chi connectivity index (χ3v) is 6.59. The largest absolute Gasteiger partial charge is 0.457 e. The maximum atomic E-state index is 6.19. The Morgan fingerprint density at radius 1 is 0.243 bits per heavy atom. The summed E-state index contributed by atoms with van der Waals surface area (Å²) in [6.45, 7) is 0. The van der Waals surface area contributed by atoms with Gasteiger partial charge in [0.25, 0.3) is 0 Å². The topological polar surface area (TPSA) is 9.23 Å². The Bertz CT molecular complexity index is 1480. The molecule has 0 saturated carbocycles. The number of ether oxygens (including phenoxy) is 1. The van der Waals surface area contributed by atoms with Crippen molar-refractivity contribution in [2.24, 2.45) is 0 Å². The van der Waals surface area contributed by atoms with Gasteiger partial charge in [-0.3, -0.25) is 0 Å². The van der Waals surface area contributed by atoms with Gasteiger partial charge >= 0.3 is 0 Å². The molecule has 0 radical (unpaired) electrons. The molecule has 6 aromatic rings. The van der Waals surface area contributed by atoms with Crippen molar-refractivity contribution in [3.05, 3.63) is 158 Å². The van der Waals surface area contributed by atoms with Gasteiger partial charge in [-0.1, -0.05) is 133 Å². The molecule has 1 nitrogen and oxygen atoms in total. The Labute approximate surface area is 218 Å². The zero-order valence-corrected chi connectivity index (χ0v) is 20.4. The molecule has 0 bridgehead atoms. The van der Waals surface area contributed by atoms with Crippen LogP contribution < -0.4 is 4.74 Å². The standard InChI is InChI=1S/C36H26O/c1-3-11-27(12-4-1)33-15-7-9-17-35(33)29-19-23-31(24-20-29)37-32-25-21-30(22-26-32)36-18-10-8-16-34(36)28-13-5-2-6-14-28/h1-26H. The Morgan fingerprint density at radius 2 is 0.514 bits per heavy atom. The predicted octanol–water partition coefficient (Wildman–Crippen LogP) is 10.1. The third-order valence-electron chi connectivity index (χ3n) is 6.59. The first-order valence-electron chi connectivity index (χ1n) is 12.5. The Kier molecular flexibility index (Phi) is 6.34. The molecule has 0 heterocycles. The van der Waals surface area contributed by atoms with Crippen LogP contribution in [0.5, 0.6) is 11.5 Å². The van der Waals surface area contributed by atoms with Crippen molar-refractivity contribution in [2.75, 3.05) is 0 Å². The van der Waals surface area contributed by atoms with E-state index in [1.54, 1.807) is 0 Å². The molecule has 0 amide bonds. The van der Waals surface area contributed by atoms with Crippen molar-refractivity contribution in [2.45, 2.75) is 0 Å². The fourth-order valence-corrected chi connectivity index (χ4v) is 4.75. The van der Waals surface area contributed by atoms with Crippen LogP contribution in [0.1, 0.15) is 0 Å². The van der Waals surface area contributed by atoms with Crippen LogP contribution in [0.3, 0.4) is 0 Å². The molecule has 37 heavy (non-hydrogen) atoms. The Balaban J connectivity index is 1.22. The van der Waals surface area contributed by atoms with Crippen molar-refractivity contribution in [1.29, 1.82) is 0 Å². The summed E-state index contributed by atoms with van der Waals surface area (Å²) in [6.07, 6.45) is 0. The lowest BCUT2D eigenvalue weighted by Gasteiger charge is -2.12. The van der Waals surface area contributed by atoms with Crippen molar-refractivity contribution >= 4 is 0 Å². The molecule has 0 N–H and O–H groups in total. The first-order valence-corrected chi connectivity index (χ1v) is 12.5. The van der Waals surface area contributed by atoms with Gasteiger partial charge in [-0.05, 0) is 68.8 Å². The van der Waals surface area contributed by atoms with Crippen molar-refractivity contribution < 1.29 is 4.74 Å². The van der Waals surface area contributed by atoms with Crippen LogP contribution in [0.2, 0.25) is 0 Å². The van der Waals surface area contributed by atoms with Crippen LogP contribution in [0.4, 0.5) is 0 Å². The van der Waals surface area contributed by atoms with E-state index >= 15 is 0 Å². The molecule has 6 rings (SSSR count). The molecule has 1 heteroatoms.